The van der Waals surface area contributed by atoms with Crippen LogP contribution in [0.4, 0.5) is 0 Å². The van der Waals surface area contributed by atoms with Gasteiger partial charge < -0.3 is 0 Å². The molecule has 1 aliphatic heterocycles. The SMILES string of the molecule is CN1P(Cl)(Cl)(Cl)N(C)P1(Cl)(Cl)Cl. The summed E-state index contributed by atoms with van der Waals surface area (Å²) in [5.74, 6) is 0. The van der Waals surface area contributed by atoms with E-state index in [1.54, 1.807) is 0 Å². The second-order valence-corrected chi connectivity index (χ2v) is 23.1. The van der Waals surface area contributed by atoms with E-state index in [9.17, 15) is 0 Å². The Labute approximate surface area is 99.8 Å². The van der Waals surface area contributed by atoms with Gasteiger partial charge in [0.05, 0.1) is 0 Å². The zero-order chi connectivity index (χ0) is 10.0. The Kier molecular flexibility index (Phi) is 2.73. The molecule has 0 aliphatic carbocycles. The van der Waals surface area contributed by atoms with Crippen LogP contribution in [0.2, 0.25) is 0 Å². The van der Waals surface area contributed by atoms with Gasteiger partial charge in [-0.3, -0.25) is 0 Å². The van der Waals surface area contributed by atoms with Crippen molar-refractivity contribution in [3.63, 3.8) is 0 Å². The van der Waals surface area contributed by atoms with Gasteiger partial charge in [0.25, 0.3) is 0 Å². The van der Waals surface area contributed by atoms with E-state index in [0.29, 0.717) is 0 Å². The van der Waals surface area contributed by atoms with Crippen LogP contribution >= 0.6 is 77.4 Å². The molecule has 0 aromatic carbocycles. The van der Waals surface area contributed by atoms with Crippen molar-refractivity contribution in [1.29, 1.82) is 0 Å². The Morgan fingerprint density at radius 3 is 0.917 bits per heavy atom. The molecule has 0 atom stereocenters. The fourth-order valence-electron chi connectivity index (χ4n) is 0.790. The van der Waals surface area contributed by atoms with Crippen molar-refractivity contribution < 1.29 is 0 Å². The quantitative estimate of drug-likeness (QED) is 0.536. The van der Waals surface area contributed by atoms with Gasteiger partial charge in [-0.25, -0.2) is 0 Å². The topological polar surface area (TPSA) is 6.48 Å². The van der Waals surface area contributed by atoms with Crippen LogP contribution in [-0.2, 0) is 0 Å². The summed E-state index contributed by atoms with van der Waals surface area (Å²) in [5.41, 5.74) is 0. The van der Waals surface area contributed by atoms with E-state index in [0.717, 1.165) is 0 Å². The minimum atomic E-state index is -3.58. The standard InChI is InChI=1S/C2H6Cl6N2P2/c1-9-11(3,4,5)10(2)12(9,6,7)8/h1-2H3. The molecule has 0 N–H and O–H groups in total. The van der Waals surface area contributed by atoms with Gasteiger partial charge in [-0.15, -0.1) is 0 Å². The van der Waals surface area contributed by atoms with E-state index < -0.39 is 9.93 Å². The third-order valence-corrected chi connectivity index (χ3v) is 21.6. The zero-order valence-corrected chi connectivity index (χ0v) is 12.4. The first-order valence-electron chi connectivity index (χ1n) is 2.71. The molecule has 0 bridgehead atoms. The van der Waals surface area contributed by atoms with Gasteiger partial charge >= 0.3 is 100 Å². The summed E-state index contributed by atoms with van der Waals surface area (Å²) >= 11 is 35.6. The molecule has 0 aromatic heterocycles. The van der Waals surface area contributed by atoms with Gasteiger partial charge in [-0.2, -0.15) is 0 Å². The molecular formula is C2H6Cl6N2P2. The van der Waals surface area contributed by atoms with E-state index >= 15 is 0 Å². The molecule has 0 saturated carbocycles. The molecule has 1 fully saturated rings. The van der Waals surface area contributed by atoms with Crippen LogP contribution in [0.25, 0.3) is 0 Å². The van der Waals surface area contributed by atoms with Gasteiger partial charge in [0.1, 0.15) is 0 Å². The van der Waals surface area contributed by atoms with Crippen molar-refractivity contribution in [3.8, 4) is 0 Å². The Morgan fingerprint density at radius 1 is 0.667 bits per heavy atom. The van der Waals surface area contributed by atoms with Gasteiger partial charge in [0.15, 0.2) is 0 Å². The second kappa shape index (κ2) is 2.61. The van der Waals surface area contributed by atoms with Gasteiger partial charge in [-0.05, 0) is 0 Å². The first-order valence-corrected chi connectivity index (χ1v) is 12.4. The van der Waals surface area contributed by atoms with Crippen LogP contribution in [0.15, 0.2) is 0 Å². The second-order valence-electron chi connectivity index (χ2n) is 2.45. The Balaban J connectivity index is 3.16. The molecule has 0 radical (unpaired) electrons. The number of hydrogen-bond donors (Lipinski definition) is 0. The Bertz CT molecular complexity index is 195. The summed E-state index contributed by atoms with van der Waals surface area (Å²) in [5, 5.41) is 0. The molecule has 1 rings (SSSR count). The van der Waals surface area contributed by atoms with Crippen molar-refractivity contribution in [3.05, 3.63) is 0 Å². The molecule has 76 valence electrons. The molecule has 1 heterocycles. The fraction of sp³-hybridized carbons (Fsp3) is 1.00. The van der Waals surface area contributed by atoms with Crippen molar-refractivity contribution in [2.45, 2.75) is 0 Å². The number of nitrogens with zero attached hydrogens (tertiary/aromatic N) is 2. The predicted molar refractivity (Wildman–Crippen MR) is 64.5 cm³/mol. The van der Waals surface area contributed by atoms with Crippen molar-refractivity contribution in [2.75, 3.05) is 14.1 Å². The third kappa shape index (κ3) is 1.39. The molecule has 1 aliphatic rings. The van der Waals surface area contributed by atoms with Crippen LogP contribution in [0.1, 0.15) is 0 Å². The van der Waals surface area contributed by atoms with Crippen LogP contribution in [-0.4, -0.2) is 23.0 Å². The molecule has 1 saturated heterocycles. The molecule has 12 heavy (non-hydrogen) atoms. The number of rotatable bonds is 0. The Hall–Kier alpha value is 2.52. The van der Waals surface area contributed by atoms with Crippen LogP contribution in [0.5, 0.6) is 0 Å². The summed E-state index contributed by atoms with van der Waals surface area (Å²) < 4.78 is 2.54. The maximum absolute atomic E-state index is 5.93. The average Bonchev–Trinajstić information content (AvgIpc) is 1.82. The number of hydrogen-bond acceptors (Lipinski definition) is 2. The molecule has 0 spiro atoms. The first kappa shape index (κ1) is 12.6. The van der Waals surface area contributed by atoms with Crippen molar-refractivity contribution in [2.24, 2.45) is 0 Å². The monoisotopic (exact) mass is 330 g/mol. The summed E-state index contributed by atoms with van der Waals surface area (Å²) in [4.78, 5) is -7.17. The van der Waals surface area contributed by atoms with Gasteiger partial charge in [0, 0.05) is 0 Å². The third-order valence-electron chi connectivity index (χ3n) is 1.83. The Morgan fingerprint density at radius 2 is 0.833 bits per heavy atom. The molecule has 2 nitrogen and oxygen atoms in total. The fourth-order valence-corrected chi connectivity index (χ4v) is 25.9. The van der Waals surface area contributed by atoms with E-state index in [4.69, 9.17) is 67.4 Å². The van der Waals surface area contributed by atoms with Crippen molar-refractivity contribution in [1.82, 2.24) is 8.88 Å². The zero-order valence-electron chi connectivity index (χ0n) is 6.06. The molecule has 0 aromatic rings. The predicted octanol–water partition coefficient (Wildman–Crippen LogP) is 5.55. The minimum absolute atomic E-state index is 1.27. The average molecular weight is 333 g/mol. The first-order chi connectivity index (χ1) is 4.87. The van der Waals surface area contributed by atoms with Crippen molar-refractivity contribution >= 4 is 77.4 Å². The molecule has 10 heteroatoms. The maximum atomic E-state index is 5.93. The van der Waals surface area contributed by atoms with Crippen LogP contribution in [0.3, 0.4) is 0 Å². The van der Waals surface area contributed by atoms with Gasteiger partial charge in [0.2, 0.25) is 0 Å². The summed E-state index contributed by atoms with van der Waals surface area (Å²) in [6.45, 7) is 0. The van der Waals surface area contributed by atoms with Crippen LogP contribution < -0.4 is 0 Å². The van der Waals surface area contributed by atoms with E-state index in [2.05, 4.69) is 0 Å². The normalized spacial score (nSPS) is 44.3. The number of halogens is 6. The molecular weight excluding hydrogens is 327 g/mol. The molecule has 0 unspecified atom stereocenters. The summed E-state index contributed by atoms with van der Waals surface area (Å²) in [6.07, 6.45) is 0. The van der Waals surface area contributed by atoms with E-state index in [1.165, 1.54) is 23.0 Å². The van der Waals surface area contributed by atoms with Gasteiger partial charge in [-0.1, -0.05) is 0 Å². The summed E-state index contributed by atoms with van der Waals surface area (Å²) in [6, 6.07) is 0. The molecule has 0 amide bonds. The van der Waals surface area contributed by atoms with E-state index in [-0.39, 0.29) is 0 Å². The van der Waals surface area contributed by atoms with E-state index in [1.807, 2.05) is 0 Å². The van der Waals surface area contributed by atoms with Crippen LogP contribution in [0, 0.1) is 0 Å². The summed E-state index contributed by atoms with van der Waals surface area (Å²) in [7, 11) is 3.02.